The lowest BCUT2D eigenvalue weighted by Crippen LogP contribution is -2.12. The summed E-state index contributed by atoms with van der Waals surface area (Å²) in [6.45, 7) is 5.87. The number of hydrogen-bond donors (Lipinski definition) is 2. The SMILES string of the molecule is CC(C)(C)c1cc(/C=C(/C#N)C(O)C#N)cc(Br)c1O. The summed E-state index contributed by atoms with van der Waals surface area (Å²) < 4.78 is 0.500. The third kappa shape index (κ3) is 3.60. The van der Waals surface area contributed by atoms with Crippen molar-refractivity contribution >= 4 is 22.0 Å². The van der Waals surface area contributed by atoms with Gasteiger partial charge in [0.25, 0.3) is 0 Å². The van der Waals surface area contributed by atoms with Crippen LogP contribution in [0.1, 0.15) is 31.9 Å². The van der Waals surface area contributed by atoms with Gasteiger partial charge in [0.15, 0.2) is 6.10 Å². The number of aromatic hydroxyl groups is 1. The number of phenols is 1. The highest BCUT2D eigenvalue weighted by molar-refractivity contribution is 9.10. The Kier molecular flexibility index (Phi) is 4.94. The van der Waals surface area contributed by atoms with Crippen molar-refractivity contribution < 1.29 is 10.2 Å². The molecule has 0 saturated heterocycles. The van der Waals surface area contributed by atoms with Gasteiger partial charge in [-0.05, 0) is 45.1 Å². The first-order valence-electron chi connectivity index (χ1n) is 5.93. The molecular formula is C15H15BrN2O2. The van der Waals surface area contributed by atoms with Crippen LogP contribution in [-0.4, -0.2) is 16.3 Å². The summed E-state index contributed by atoms with van der Waals surface area (Å²) in [5.74, 6) is 0.147. The van der Waals surface area contributed by atoms with Gasteiger partial charge in [-0.15, -0.1) is 0 Å². The van der Waals surface area contributed by atoms with Crippen LogP contribution < -0.4 is 0 Å². The number of aliphatic hydroxyl groups is 1. The van der Waals surface area contributed by atoms with E-state index in [4.69, 9.17) is 10.5 Å². The summed E-state index contributed by atoms with van der Waals surface area (Å²) in [5.41, 5.74) is 1.02. The molecule has 0 saturated carbocycles. The molecule has 0 heterocycles. The predicted octanol–water partition coefficient (Wildman–Crippen LogP) is 3.24. The zero-order chi connectivity index (χ0) is 15.5. The van der Waals surface area contributed by atoms with Crippen molar-refractivity contribution in [2.24, 2.45) is 0 Å². The van der Waals surface area contributed by atoms with Gasteiger partial charge in [0, 0.05) is 5.56 Å². The highest BCUT2D eigenvalue weighted by Crippen LogP contribution is 2.37. The van der Waals surface area contributed by atoms with Crippen LogP contribution in [0.5, 0.6) is 5.75 Å². The molecule has 0 radical (unpaired) electrons. The second kappa shape index (κ2) is 6.09. The van der Waals surface area contributed by atoms with Crippen molar-refractivity contribution in [1.29, 1.82) is 10.5 Å². The lowest BCUT2D eigenvalue weighted by Gasteiger charge is -2.21. The molecule has 0 spiro atoms. The van der Waals surface area contributed by atoms with Gasteiger partial charge >= 0.3 is 0 Å². The van der Waals surface area contributed by atoms with Gasteiger partial charge in [-0.2, -0.15) is 10.5 Å². The van der Waals surface area contributed by atoms with Crippen molar-refractivity contribution in [3.63, 3.8) is 0 Å². The summed E-state index contributed by atoms with van der Waals surface area (Å²) in [7, 11) is 0. The third-order valence-electron chi connectivity index (χ3n) is 2.76. The van der Waals surface area contributed by atoms with Gasteiger partial charge in [0.2, 0.25) is 0 Å². The van der Waals surface area contributed by atoms with E-state index in [1.165, 1.54) is 6.08 Å². The number of hydrogen-bond acceptors (Lipinski definition) is 4. The number of rotatable bonds is 2. The van der Waals surface area contributed by atoms with E-state index in [1.807, 2.05) is 20.8 Å². The summed E-state index contributed by atoms with van der Waals surface area (Å²) in [4.78, 5) is 0. The average Bonchev–Trinajstić information content (AvgIpc) is 2.37. The Morgan fingerprint density at radius 2 is 1.95 bits per heavy atom. The fourth-order valence-corrected chi connectivity index (χ4v) is 2.17. The van der Waals surface area contributed by atoms with E-state index in [1.54, 1.807) is 24.3 Å². The van der Waals surface area contributed by atoms with Crippen LogP contribution in [0.25, 0.3) is 6.08 Å². The first-order chi connectivity index (χ1) is 9.20. The van der Waals surface area contributed by atoms with E-state index >= 15 is 0 Å². The molecule has 5 heteroatoms. The number of aliphatic hydroxyl groups excluding tert-OH is 1. The minimum Gasteiger partial charge on any atom is -0.506 e. The van der Waals surface area contributed by atoms with Gasteiger partial charge in [-0.25, -0.2) is 0 Å². The zero-order valence-corrected chi connectivity index (χ0v) is 13.1. The lowest BCUT2D eigenvalue weighted by atomic mass is 9.85. The Balaban J connectivity index is 3.43. The molecule has 1 rings (SSSR count). The fraction of sp³-hybridized carbons (Fsp3) is 0.333. The van der Waals surface area contributed by atoms with Crippen LogP contribution in [0.4, 0.5) is 0 Å². The highest BCUT2D eigenvalue weighted by Gasteiger charge is 2.20. The number of phenolic OH excluding ortho intramolecular Hbond substituents is 1. The third-order valence-corrected chi connectivity index (χ3v) is 3.37. The normalized spacial score (nSPS) is 13.4. The van der Waals surface area contributed by atoms with Gasteiger partial charge in [0.1, 0.15) is 5.75 Å². The number of nitriles is 2. The molecule has 1 aromatic rings. The second-order valence-corrected chi connectivity index (χ2v) is 6.25. The van der Waals surface area contributed by atoms with Crippen LogP contribution >= 0.6 is 15.9 Å². The topological polar surface area (TPSA) is 88.0 Å². The van der Waals surface area contributed by atoms with Crippen molar-refractivity contribution in [2.45, 2.75) is 32.3 Å². The molecular weight excluding hydrogens is 320 g/mol. The Morgan fingerprint density at radius 3 is 2.40 bits per heavy atom. The molecule has 4 nitrogen and oxygen atoms in total. The van der Waals surface area contributed by atoms with Crippen molar-refractivity contribution in [3.05, 3.63) is 33.3 Å². The smallest absolute Gasteiger partial charge is 0.175 e. The maximum atomic E-state index is 10.1. The molecule has 0 aliphatic heterocycles. The Hall–Kier alpha value is -1.82. The highest BCUT2D eigenvalue weighted by atomic mass is 79.9. The zero-order valence-electron chi connectivity index (χ0n) is 11.5. The molecule has 1 aromatic carbocycles. The monoisotopic (exact) mass is 334 g/mol. The predicted molar refractivity (Wildman–Crippen MR) is 79.7 cm³/mol. The van der Waals surface area contributed by atoms with Gasteiger partial charge in [0.05, 0.1) is 22.2 Å². The molecule has 0 aliphatic carbocycles. The Morgan fingerprint density at radius 1 is 1.35 bits per heavy atom. The molecule has 0 bridgehead atoms. The minimum atomic E-state index is -1.45. The molecule has 0 amide bonds. The van der Waals surface area contributed by atoms with Gasteiger partial charge < -0.3 is 10.2 Å². The van der Waals surface area contributed by atoms with E-state index in [0.29, 0.717) is 15.6 Å². The number of benzene rings is 1. The van der Waals surface area contributed by atoms with Crippen molar-refractivity contribution in [2.75, 3.05) is 0 Å². The van der Waals surface area contributed by atoms with Gasteiger partial charge in [-0.1, -0.05) is 20.8 Å². The molecule has 1 atom stereocenters. The van der Waals surface area contributed by atoms with Crippen LogP contribution in [0.2, 0.25) is 0 Å². The largest absolute Gasteiger partial charge is 0.506 e. The first-order valence-corrected chi connectivity index (χ1v) is 6.72. The number of halogens is 1. The Labute approximate surface area is 126 Å². The summed E-state index contributed by atoms with van der Waals surface area (Å²) in [6, 6.07) is 6.78. The lowest BCUT2D eigenvalue weighted by molar-refractivity contribution is 0.271. The second-order valence-electron chi connectivity index (χ2n) is 5.39. The molecule has 1 unspecified atom stereocenters. The van der Waals surface area contributed by atoms with E-state index in [9.17, 15) is 10.2 Å². The molecule has 20 heavy (non-hydrogen) atoms. The molecule has 0 fully saturated rings. The van der Waals surface area contributed by atoms with Crippen LogP contribution in [-0.2, 0) is 5.41 Å². The number of nitrogens with zero attached hydrogens (tertiary/aromatic N) is 2. The van der Waals surface area contributed by atoms with E-state index in [0.717, 1.165) is 0 Å². The van der Waals surface area contributed by atoms with E-state index in [-0.39, 0.29) is 16.7 Å². The molecule has 0 aliphatic rings. The minimum absolute atomic E-state index is 0.0371. The summed E-state index contributed by atoms with van der Waals surface area (Å²) >= 11 is 3.27. The molecule has 2 N–H and O–H groups in total. The quantitative estimate of drug-likeness (QED) is 0.641. The Bertz CT molecular complexity index is 631. The standard InChI is InChI=1S/C15H15BrN2O2/c1-15(2,3)11-5-9(6-12(16)14(11)20)4-10(7-17)13(19)8-18/h4-6,13,19-20H,1-3H3/b10-4-. The van der Waals surface area contributed by atoms with E-state index < -0.39 is 6.10 Å². The van der Waals surface area contributed by atoms with Gasteiger partial charge in [-0.3, -0.25) is 0 Å². The molecule has 104 valence electrons. The maximum Gasteiger partial charge on any atom is 0.175 e. The van der Waals surface area contributed by atoms with Crippen molar-refractivity contribution in [1.82, 2.24) is 0 Å². The maximum absolute atomic E-state index is 10.1. The van der Waals surface area contributed by atoms with Crippen LogP contribution in [0.15, 0.2) is 22.2 Å². The van der Waals surface area contributed by atoms with Crippen LogP contribution in [0, 0.1) is 22.7 Å². The van der Waals surface area contributed by atoms with Crippen LogP contribution in [0.3, 0.4) is 0 Å². The first kappa shape index (κ1) is 16.2. The fourth-order valence-electron chi connectivity index (χ4n) is 1.70. The molecule has 0 aromatic heterocycles. The van der Waals surface area contributed by atoms with Crippen molar-refractivity contribution in [3.8, 4) is 17.9 Å². The van der Waals surface area contributed by atoms with E-state index in [2.05, 4.69) is 15.9 Å². The summed E-state index contributed by atoms with van der Waals surface area (Å²) in [6.07, 6.45) is -0.0153. The average molecular weight is 335 g/mol. The summed E-state index contributed by atoms with van der Waals surface area (Å²) in [5, 5.41) is 37.1.